The molecule has 0 bridgehead atoms. The lowest BCUT2D eigenvalue weighted by Crippen LogP contribution is -2.43. The van der Waals surface area contributed by atoms with Gasteiger partial charge in [0.05, 0.1) is 21.0 Å². The molecule has 2 aromatic carbocycles. The van der Waals surface area contributed by atoms with Gasteiger partial charge in [-0.2, -0.15) is 4.98 Å². The number of halogens is 3. The molecule has 0 aliphatic carbocycles. The number of carbonyl (C=O) groups excluding carboxylic acids is 1. The van der Waals surface area contributed by atoms with Crippen LogP contribution in [0, 0.1) is 5.82 Å². The molecule has 1 amide bonds. The maximum Gasteiger partial charge on any atom is 0.240 e. The fourth-order valence-corrected chi connectivity index (χ4v) is 4.64. The van der Waals surface area contributed by atoms with E-state index in [1.165, 1.54) is 23.9 Å². The predicted octanol–water partition coefficient (Wildman–Crippen LogP) is 5.54. The summed E-state index contributed by atoms with van der Waals surface area (Å²) in [4.78, 5) is 19.1. The third-order valence-electron chi connectivity index (χ3n) is 4.80. The number of aromatic nitrogens is 2. The third kappa shape index (κ3) is 4.96. The topological polar surface area (TPSA) is 59.2 Å². The molecule has 0 N–H and O–H groups in total. The summed E-state index contributed by atoms with van der Waals surface area (Å²) in [6.45, 7) is 0.649. The first-order chi connectivity index (χ1) is 14.5. The zero-order valence-corrected chi connectivity index (χ0v) is 18.2. The first-order valence-corrected chi connectivity index (χ1v) is 11.2. The zero-order valence-electron chi connectivity index (χ0n) is 15.9. The smallest absolute Gasteiger partial charge is 0.240 e. The number of hydrogen-bond acceptors (Lipinski definition) is 5. The van der Waals surface area contributed by atoms with Gasteiger partial charge in [0.25, 0.3) is 0 Å². The lowest BCUT2D eigenvalue weighted by molar-refractivity contribution is -0.119. The Kier molecular flexibility index (Phi) is 6.61. The van der Waals surface area contributed by atoms with Gasteiger partial charge in [0.1, 0.15) is 5.82 Å². The minimum absolute atomic E-state index is 0.0377. The Balaban J connectivity index is 1.36. The summed E-state index contributed by atoms with van der Waals surface area (Å²) in [5, 5.41) is 4.68. The molecule has 0 spiro atoms. The highest BCUT2D eigenvalue weighted by atomic mass is 35.5. The van der Waals surface area contributed by atoms with Crippen LogP contribution in [0.5, 0.6) is 0 Å². The number of piperidine rings is 1. The number of anilines is 1. The Morgan fingerprint density at radius 3 is 2.73 bits per heavy atom. The van der Waals surface area contributed by atoms with Crippen LogP contribution in [0.1, 0.15) is 30.1 Å². The van der Waals surface area contributed by atoms with E-state index in [9.17, 15) is 9.18 Å². The van der Waals surface area contributed by atoms with Crippen LogP contribution in [-0.4, -0.2) is 27.8 Å². The molecule has 0 saturated carbocycles. The zero-order chi connectivity index (χ0) is 21.1. The van der Waals surface area contributed by atoms with E-state index >= 15 is 0 Å². The molecule has 9 heteroatoms. The molecule has 4 rings (SSSR count). The number of benzene rings is 2. The van der Waals surface area contributed by atoms with Crippen molar-refractivity contribution in [3.63, 3.8) is 0 Å². The molecule has 1 fully saturated rings. The highest BCUT2D eigenvalue weighted by molar-refractivity contribution is 7.99. The lowest BCUT2D eigenvalue weighted by Gasteiger charge is -2.32. The maximum atomic E-state index is 13.0. The Hall–Kier alpha value is -2.09. The molecule has 3 aromatic rings. The second-order valence-electron chi connectivity index (χ2n) is 6.94. The van der Waals surface area contributed by atoms with E-state index in [4.69, 9.17) is 27.7 Å². The molecule has 0 radical (unpaired) electrons. The summed E-state index contributed by atoms with van der Waals surface area (Å²) < 4.78 is 18.3. The van der Waals surface area contributed by atoms with Crippen LogP contribution in [0.3, 0.4) is 0 Å². The fourth-order valence-electron chi connectivity index (χ4n) is 3.28. The summed E-state index contributed by atoms with van der Waals surface area (Å²) in [6.07, 6.45) is 2.14. The summed E-state index contributed by atoms with van der Waals surface area (Å²) in [7, 11) is 0. The summed E-state index contributed by atoms with van der Waals surface area (Å²) in [5.41, 5.74) is 1.65. The summed E-state index contributed by atoms with van der Waals surface area (Å²) in [5.74, 6) is 1.20. The molecule has 30 heavy (non-hydrogen) atoms. The highest BCUT2D eigenvalue weighted by Crippen LogP contribution is 2.32. The van der Waals surface area contributed by atoms with Gasteiger partial charge in [0, 0.05) is 18.7 Å². The van der Waals surface area contributed by atoms with Crippen molar-refractivity contribution < 1.29 is 13.7 Å². The van der Waals surface area contributed by atoms with Crippen molar-refractivity contribution >= 4 is 46.6 Å². The number of hydrogen-bond donors (Lipinski definition) is 0. The first-order valence-electron chi connectivity index (χ1n) is 9.43. The van der Waals surface area contributed by atoms with E-state index in [0.29, 0.717) is 40.5 Å². The van der Waals surface area contributed by atoms with Gasteiger partial charge in [0.2, 0.25) is 11.8 Å². The minimum Gasteiger partial charge on any atom is -0.338 e. The van der Waals surface area contributed by atoms with Crippen molar-refractivity contribution in [2.24, 2.45) is 0 Å². The molecule has 156 valence electrons. The van der Waals surface area contributed by atoms with Gasteiger partial charge in [-0.15, -0.1) is 11.8 Å². The van der Waals surface area contributed by atoms with Crippen LogP contribution >= 0.6 is 35.0 Å². The lowest BCUT2D eigenvalue weighted by atomic mass is 10.1. The van der Waals surface area contributed by atoms with E-state index < -0.39 is 0 Å². The molecule has 1 aromatic heterocycles. The quantitative estimate of drug-likeness (QED) is 0.478. The van der Waals surface area contributed by atoms with Gasteiger partial charge in [-0.05, 0) is 48.7 Å². The largest absolute Gasteiger partial charge is 0.338 e. The number of amides is 1. The first kappa shape index (κ1) is 21.2. The van der Waals surface area contributed by atoms with Crippen molar-refractivity contribution in [2.45, 2.75) is 30.3 Å². The van der Waals surface area contributed by atoms with Crippen LogP contribution in [-0.2, 0) is 17.0 Å². The Bertz CT molecular complexity index is 1040. The summed E-state index contributed by atoms with van der Waals surface area (Å²) in [6, 6.07) is 11.4. The normalized spacial score (nSPS) is 16.8. The molecule has 2 heterocycles. The van der Waals surface area contributed by atoms with Gasteiger partial charge < -0.3 is 9.42 Å². The molecule has 1 atom stereocenters. The Morgan fingerprint density at radius 2 is 1.97 bits per heavy atom. The third-order valence-corrected chi connectivity index (χ3v) is 6.79. The van der Waals surface area contributed by atoms with Gasteiger partial charge in [0.15, 0.2) is 5.82 Å². The van der Waals surface area contributed by atoms with Crippen LogP contribution in [0.15, 0.2) is 47.0 Å². The molecular weight excluding hydrogens is 448 g/mol. The van der Waals surface area contributed by atoms with E-state index in [1.54, 1.807) is 35.2 Å². The fraction of sp³-hybridized carbons (Fsp3) is 0.286. The predicted molar refractivity (Wildman–Crippen MR) is 117 cm³/mol. The maximum absolute atomic E-state index is 13.0. The van der Waals surface area contributed by atoms with Crippen molar-refractivity contribution in [3.05, 3.63) is 75.6 Å². The van der Waals surface area contributed by atoms with Crippen molar-refractivity contribution in [3.8, 4) is 0 Å². The Morgan fingerprint density at radius 1 is 1.17 bits per heavy atom. The number of carbonyl (C=O) groups is 1. The van der Waals surface area contributed by atoms with Crippen LogP contribution in [0.2, 0.25) is 10.0 Å². The molecule has 1 unspecified atom stereocenters. The summed E-state index contributed by atoms with van der Waals surface area (Å²) >= 11 is 13.6. The van der Waals surface area contributed by atoms with Crippen molar-refractivity contribution in [2.75, 3.05) is 11.4 Å². The van der Waals surface area contributed by atoms with Gasteiger partial charge in [-0.1, -0.05) is 40.5 Å². The van der Waals surface area contributed by atoms with Crippen LogP contribution < -0.4 is 4.90 Å². The number of rotatable bonds is 6. The molecular formula is C21H18Cl2FN3O2S. The SMILES string of the molecule is O=C1C(SCc2nc(Cc3ccc(F)cc3)no2)CCCN1c1ccc(Cl)c(Cl)c1. The molecule has 1 aliphatic rings. The number of nitrogens with zero attached hydrogens (tertiary/aromatic N) is 3. The van der Waals surface area contributed by atoms with Crippen molar-refractivity contribution in [1.82, 2.24) is 10.1 Å². The van der Waals surface area contributed by atoms with Crippen molar-refractivity contribution in [1.29, 1.82) is 0 Å². The number of thioether (sulfide) groups is 1. The van der Waals surface area contributed by atoms with E-state index in [-0.39, 0.29) is 17.0 Å². The van der Waals surface area contributed by atoms with E-state index in [1.807, 2.05) is 0 Å². The standard InChI is InChI=1S/C21H18Cl2FN3O2S/c22-16-8-7-15(11-17(16)23)27-9-1-2-18(21(27)28)30-12-20-25-19(26-29-20)10-13-3-5-14(24)6-4-13/h3-8,11,18H,1-2,9-10,12H2. The van der Waals surface area contributed by atoms with E-state index in [0.717, 1.165) is 24.1 Å². The van der Waals surface area contributed by atoms with Gasteiger partial charge in [-0.3, -0.25) is 4.79 Å². The van der Waals surface area contributed by atoms with E-state index in [2.05, 4.69) is 10.1 Å². The Labute approximate surface area is 187 Å². The second kappa shape index (κ2) is 9.37. The van der Waals surface area contributed by atoms with Crippen LogP contribution in [0.4, 0.5) is 10.1 Å². The molecule has 1 saturated heterocycles. The van der Waals surface area contributed by atoms with Gasteiger partial charge in [-0.25, -0.2) is 4.39 Å². The second-order valence-corrected chi connectivity index (χ2v) is 8.94. The average molecular weight is 466 g/mol. The van der Waals surface area contributed by atoms with Crippen LogP contribution in [0.25, 0.3) is 0 Å². The minimum atomic E-state index is -0.281. The molecule has 1 aliphatic heterocycles. The highest BCUT2D eigenvalue weighted by Gasteiger charge is 2.30. The average Bonchev–Trinajstić information content (AvgIpc) is 3.18. The molecule has 5 nitrogen and oxygen atoms in total. The monoisotopic (exact) mass is 465 g/mol. The van der Waals surface area contributed by atoms with Gasteiger partial charge >= 0.3 is 0 Å².